The molecule has 1 saturated carbocycles. The van der Waals surface area contributed by atoms with Gasteiger partial charge in [0.25, 0.3) is 15.7 Å². The van der Waals surface area contributed by atoms with Gasteiger partial charge in [0.05, 0.1) is 4.92 Å². The number of halogens is 1. The predicted octanol–water partition coefficient (Wildman–Crippen LogP) is 0.230. The highest BCUT2D eigenvalue weighted by molar-refractivity contribution is 7.89. The molecule has 1 saturated heterocycles. The Morgan fingerprint density at radius 3 is 2.60 bits per heavy atom. The van der Waals surface area contributed by atoms with Gasteiger partial charge in [-0.3, -0.25) is 10.1 Å². The van der Waals surface area contributed by atoms with Gasteiger partial charge in [0.1, 0.15) is 5.82 Å². The van der Waals surface area contributed by atoms with Crippen LogP contribution in [0.5, 0.6) is 0 Å². The molecule has 2 atom stereocenters. The maximum atomic E-state index is 13.7. The molecule has 0 radical (unpaired) electrons. The van der Waals surface area contributed by atoms with Crippen LogP contribution in [-0.4, -0.2) is 32.5 Å². The second-order valence-electron chi connectivity index (χ2n) is 4.98. The minimum atomic E-state index is -4.24. The van der Waals surface area contributed by atoms with Crippen LogP contribution in [0.4, 0.5) is 10.1 Å². The molecule has 7 nitrogen and oxygen atoms in total. The summed E-state index contributed by atoms with van der Waals surface area (Å²) in [4.78, 5) is 9.07. The summed E-state index contributed by atoms with van der Waals surface area (Å²) in [5.41, 5.74) is -0.749. The molecule has 2 unspecified atom stereocenters. The summed E-state index contributed by atoms with van der Waals surface area (Å²) in [6, 6.07) is 2.73. The van der Waals surface area contributed by atoms with Crippen molar-refractivity contribution < 1.29 is 17.7 Å². The number of fused-ring (bicyclic) bond motifs is 1. The van der Waals surface area contributed by atoms with Crippen molar-refractivity contribution in [2.45, 2.75) is 10.9 Å². The van der Waals surface area contributed by atoms with Gasteiger partial charge in [0.15, 0.2) is 4.90 Å². The van der Waals surface area contributed by atoms with Gasteiger partial charge in [-0.1, -0.05) is 6.07 Å². The molecule has 0 amide bonds. The zero-order valence-electron chi connectivity index (χ0n) is 10.2. The summed E-state index contributed by atoms with van der Waals surface area (Å²) in [7, 11) is -4.24. The smallest absolute Gasteiger partial charge is 0.292 e. The second kappa shape index (κ2) is 4.47. The van der Waals surface area contributed by atoms with Gasteiger partial charge < -0.3 is 5.32 Å². The molecule has 1 heterocycles. The third-order valence-corrected chi connectivity index (χ3v) is 5.32. The lowest BCUT2D eigenvalue weighted by molar-refractivity contribution is -0.388. The lowest BCUT2D eigenvalue weighted by atomic mass is 10.3. The fourth-order valence-electron chi connectivity index (χ4n) is 2.74. The van der Waals surface area contributed by atoms with Gasteiger partial charge in [0.2, 0.25) is 0 Å². The van der Waals surface area contributed by atoms with Crippen molar-refractivity contribution in [3.63, 3.8) is 0 Å². The maximum Gasteiger partial charge on any atom is 0.292 e. The Kier molecular flexibility index (Phi) is 3.00. The van der Waals surface area contributed by atoms with E-state index in [0.717, 1.165) is 18.2 Å². The van der Waals surface area contributed by atoms with Gasteiger partial charge in [0, 0.05) is 12.1 Å². The van der Waals surface area contributed by atoms with Crippen LogP contribution in [0, 0.1) is 27.8 Å². The Labute approximate surface area is 114 Å². The molecule has 2 fully saturated rings. The van der Waals surface area contributed by atoms with Crippen LogP contribution in [0.2, 0.25) is 0 Å². The number of rotatable bonds is 4. The van der Waals surface area contributed by atoms with Crippen molar-refractivity contribution in [2.24, 2.45) is 11.8 Å². The van der Waals surface area contributed by atoms with E-state index in [0.29, 0.717) is 13.1 Å². The fraction of sp³-hybridized carbons (Fsp3) is 0.455. The average molecular weight is 301 g/mol. The van der Waals surface area contributed by atoms with Crippen LogP contribution in [0.1, 0.15) is 0 Å². The zero-order valence-corrected chi connectivity index (χ0v) is 11.1. The fourth-order valence-corrected chi connectivity index (χ4v) is 4.31. The molecule has 1 aromatic carbocycles. The Morgan fingerprint density at radius 1 is 1.35 bits per heavy atom. The van der Waals surface area contributed by atoms with Crippen LogP contribution in [0.3, 0.4) is 0 Å². The van der Waals surface area contributed by atoms with Crippen LogP contribution in [-0.2, 0) is 10.0 Å². The van der Waals surface area contributed by atoms with E-state index >= 15 is 0 Å². The number of hydrogen-bond acceptors (Lipinski definition) is 5. The summed E-state index contributed by atoms with van der Waals surface area (Å²) in [5, 5.41) is 14.0. The average Bonchev–Trinajstić information content (AvgIpc) is 2.82. The highest BCUT2D eigenvalue weighted by Crippen LogP contribution is 2.43. The van der Waals surface area contributed by atoms with Gasteiger partial charge in [-0.05, 0) is 31.0 Å². The van der Waals surface area contributed by atoms with Gasteiger partial charge in [-0.15, -0.1) is 0 Å². The van der Waals surface area contributed by atoms with Crippen LogP contribution in [0.25, 0.3) is 0 Å². The van der Waals surface area contributed by atoms with E-state index in [9.17, 15) is 22.9 Å². The molecule has 1 aromatic rings. The van der Waals surface area contributed by atoms with Crippen molar-refractivity contribution >= 4 is 15.7 Å². The summed E-state index contributed by atoms with van der Waals surface area (Å²) in [5.74, 6) is -0.734. The first-order valence-corrected chi connectivity index (χ1v) is 7.56. The van der Waals surface area contributed by atoms with E-state index in [1.165, 1.54) is 0 Å². The number of nitrogens with zero attached hydrogens (tertiary/aromatic N) is 1. The van der Waals surface area contributed by atoms with E-state index in [4.69, 9.17) is 0 Å². The molecule has 1 aliphatic carbocycles. The van der Waals surface area contributed by atoms with E-state index in [-0.39, 0.29) is 17.9 Å². The number of piperidine rings is 1. The summed E-state index contributed by atoms with van der Waals surface area (Å²) < 4.78 is 40.5. The van der Waals surface area contributed by atoms with Gasteiger partial charge in [-0.2, -0.15) is 0 Å². The lowest BCUT2D eigenvalue weighted by Crippen LogP contribution is -2.33. The monoisotopic (exact) mass is 301 g/mol. The summed E-state index contributed by atoms with van der Waals surface area (Å²) in [6.45, 7) is 1.41. The van der Waals surface area contributed by atoms with Crippen molar-refractivity contribution in [3.05, 3.63) is 34.1 Å². The molecule has 0 bridgehead atoms. The van der Waals surface area contributed by atoms with Crippen molar-refractivity contribution in [1.82, 2.24) is 10.0 Å². The minimum Gasteiger partial charge on any atom is -0.316 e. The topological polar surface area (TPSA) is 101 Å². The molecule has 2 aliphatic rings. The SMILES string of the molecule is O=[N+]([O-])c1cccc(F)c1S(=O)(=O)NC1C2CNCC21. The number of nitrogens with one attached hydrogen (secondary N) is 2. The molecule has 0 spiro atoms. The molecule has 1 aliphatic heterocycles. The molecular weight excluding hydrogens is 289 g/mol. The predicted molar refractivity (Wildman–Crippen MR) is 67.0 cm³/mol. The third kappa shape index (κ3) is 2.07. The number of sulfonamides is 1. The Balaban J connectivity index is 1.93. The van der Waals surface area contributed by atoms with E-state index in [2.05, 4.69) is 10.0 Å². The van der Waals surface area contributed by atoms with E-state index < -0.39 is 31.3 Å². The molecular formula is C11H12FN3O4S. The number of nitro benzene ring substituents is 1. The first kappa shape index (κ1) is 13.4. The second-order valence-corrected chi connectivity index (χ2v) is 6.63. The minimum absolute atomic E-state index is 0.190. The van der Waals surface area contributed by atoms with Crippen molar-refractivity contribution in [1.29, 1.82) is 0 Å². The van der Waals surface area contributed by atoms with Gasteiger partial charge >= 0.3 is 0 Å². The third-order valence-electron chi connectivity index (χ3n) is 3.79. The van der Waals surface area contributed by atoms with Crippen LogP contribution >= 0.6 is 0 Å². The highest BCUT2D eigenvalue weighted by Gasteiger charge is 2.55. The standard InChI is InChI=1S/C11H12FN3O4S/c12-8-2-1-3-9(15(16)17)11(8)20(18,19)14-10-6-4-13-5-7(6)10/h1-3,6-7,10,13-14H,4-5H2. The van der Waals surface area contributed by atoms with Crippen LogP contribution in [0.15, 0.2) is 23.1 Å². The normalized spacial score (nSPS) is 28.1. The first-order valence-electron chi connectivity index (χ1n) is 6.08. The number of hydrogen-bond donors (Lipinski definition) is 2. The van der Waals surface area contributed by atoms with E-state index in [1.54, 1.807) is 0 Å². The number of nitro groups is 1. The Bertz CT molecular complexity index is 668. The molecule has 20 heavy (non-hydrogen) atoms. The molecule has 2 N–H and O–H groups in total. The van der Waals surface area contributed by atoms with Crippen molar-refractivity contribution in [3.8, 4) is 0 Å². The Hall–Kier alpha value is -1.58. The zero-order chi connectivity index (χ0) is 14.5. The van der Waals surface area contributed by atoms with Crippen molar-refractivity contribution in [2.75, 3.05) is 13.1 Å². The summed E-state index contributed by atoms with van der Waals surface area (Å²) in [6.07, 6.45) is 0. The first-order chi connectivity index (χ1) is 9.42. The maximum absolute atomic E-state index is 13.7. The Morgan fingerprint density at radius 2 is 2.00 bits per heavy atom. The van der Waals surface area contributed by atoms with E-state index in [1.807, 2.05) is 0 Å². The number of benzene rings is 1. The molecule has 9 heteroatoms. The van der Waals surface area contributed by atoms with Crippen LogP contribution < -0.4 is 10.0 Å². The molecule has 0 aromatic heterocycles. The van der Waals surface area contributed by atoms with Gasteiger partial charge in [-0.25, -0.2) is 17.5 Å². The largest absolute Gasteiger partial charge is 0.316 e. The molecule has 3 rings (SSSR count). The molecule has 108 valence electrons. The lowest BCUT2D eigenvalue weighted by Gasteiger charge is -2.09. The summed E-state index contributed by atoms with van der Waals surface area (Å²) >= 11 is 0. The highest BCUT2D eigenvalue weighted by atomic mass is 32.2. The quantitative estimate of drug-likeness (QED) is 0.612.